The van der Waals surface area contributed by atoms with Crippen LogP contribution in [0.25, 0.3) is 0 Å². The van der Waals surface area contributed by atoms with E-state index >= 15 is 0 Å². The van der Waals surface area contributed by atoms with E-state index in [1.807, 2.05) is 0 Å². The van der Waals surface area contributed by atoms with E-state index < -0.39 is 0 Å². The summed E-state index contributed by atoms with van der Waals surface area (Å²) in [5.41, 5.74) is 0. The monoisotopic (exact) mass is 322 g/mol. The van der Waals surface area contributed by atoms with Crippen molar-refractivity contribution < 1.29 is 9.47 Å². The average Bonchev–Trinajstić information content (AvgIpc) is 2.24. The minimum Gasteiger partial charge on any atom is -0.350 e. The Balaban J connectivity index is 1.63. The fraction of sp³-hybridized carbons (Fsp3) is 1.00. The summed E-state index contributed by atoms with van der Waals surface area (Å²) in [6.45, 7) is 0.957. The molecular weight excluding hydrogens is 303 g/mol. The van der Waals surface area contributed by atoms with Gasteiger partial charge in [0.25, 0.3) is 0 Å². The maximum absolute atomic E-state index is 6.22. The highest BCUT2D eigenvalue weighted by Gasteiger charge is 2.51. The van der Waals surface area contributed by atoms with Gasteiger partial charge in [0.05, 0.1) is 12.7 Å². The molecule has 1 heterocycles. The number of alkyl halides is 1. The van der Waals surface area contributed by atoms with Crippen LogP contribution >= 0.6 is 22.6 Å². The summed E-state index contributed by atoms with van der Waals surface area (Å²) < 4.78 is 13.5. The Morgan fingerprint density at radius 2 is 2.00 bits per heavy atom. The molecule has 0 unspecified atom stereocenters. The zero-order valence-electron chi connectivity index (χ0n) is 9.08. The van der Waals surface area contributed by atoms with Gasteiger partial charge >= 0.3 is 0 Å². The van der Waals surface area contributed by atoms with Gasteiger partial charge < -0.3 is 9.47 Å². The Kier molecular flexibility index (Phi) is 2.98. The zero-order chi connectivity index (χ0) is 10.3. The van der Waals surface area contributed by atoms with Crippen LogP contribution in [0.2, 0.25) is 0 Å². The van der Waals surface area contributed by atoms with Gasteiger partial charge in [-0.2, -0.15) is 0 Å². The van der Waals surface area contributed by atoms with E-state index in [1.54, 1.807) is 0 Å². The van der Waals surface area contributed by atoms with Gasteiger partial charge in [0.1, 0.15) is 0 Å². The third-order valence-corrected chi connectivity index (χ3v) is 5.47. The first kappa shape index (κ1) is 10.8. The molecule has 0 aromatic heterocycles. The van der Waals surface area contributed by atoms with Gasteiger partial charge in [-0.3, -0.25) is 0 Å². The molecule has 0 radical (unpaired) electrons. The van der Waals surface area contributed by atoms with Crippen LogP contribution in [-0.2, 0) is 9.47 Å². The predicted octanol–water partition coefficient (Wildman–Crippen LogP) is 3.13. The first-order valence-electron chi connectivity index (χ1n) is 6.21. The molecule has 15 heavy (non-hydrogen) atoms. The van der Waals surface area contributed by atoms with Crippen LogP contribution < -0.4 is 0 Å². The lowest BCUT2D eigenvalue weighted by atomic mass is 9.71. The van der Waals surface area contributed by atoms with Crippen molar-refractivity contribution in [3.8, 4) is 0 Å². The molecule has 1 saturated heterocycles. The second-order valence-electron chi connectivity index (χ2n) is 5.25. The summed E-state index contributed by atoms with van der Waals surface area (Å²) in [6.07, 6.45) is 7.99. The van der Waals surface area contributed by atoms with Crippen molar-refractivity contribution in [2.24, 2.45) is 11.8 Å². The minimum atomic E-state index is -0.157. The normalized spacial score (nSPS) is 43.4. The Hall–Kier alpha value is 0.650. The minimum absolute atomic E-state index is 0.157. The highest BCUT2D eigenvalue weighted by molar-refractivity contribution is 14.1. The first-order chi connectivity index (χ1) is 7.33. The fourth-order valence-corrected chi connectivity index (χ4v) is 4.24. The quantitative estimate of drug-likeness (QED) is 0.545. The molecular formula is C12H19IO2. The topological polar surface area (TPSA) is 18.5 Å². The van der Waals surface area contributed by atoms with Crippen LogP contribution in [0.1, 0.15) is 38.5 Å². The average molecular weight is 322 g/mol. The highest BCUT2D eigenvalue weighted by Crippen LogP contribution is 2.48. The number of hydrogen-bond acceptors (Lipinski definition) is 2. The molecule has 86 valence electrons. The Morgan fingerprint density at radius 1 is 1.20 bits per heavy atom. The lowest BCUT2D eigenvalue weighted by Crippen LogP contribution is -2.58. The lowest BCUT2D eigenvalue weighted by molar-refractivity contribution is -0.350. The van der Waals surface area contributed by atoms with Crippen LogP contribution in [0.15, 0.2) is 0 Å². The summed E-state index contributed by atoms with van der Waals surface area (Å²) >= 11 is 2.49. The summed E-state index contributed by atoms with van der Waals surface area (Å²) in [5, 5.41) is 0. The standard InChI is InChI=1S/C12H19IO2/c13-7-9-6-11-10(9)8-14-12(15-11)4-2-1-3-5-12/h9-11H,1-8H2/t9-,10-,11+/m1/s1. The Bertz CT molecular complexity index is 238. The number of hydrogen-bond donors (Lipinski definition) is 0. The Morgan fingerprint density at radius 3 is 2.67 bits per heavy atom. The number of fused-ring (bicyclic) bond motifs is 1. The van der Waals surface area contributed by atoms with Crippen molar-refractivity contribution in [1.29, 1.82) is 0 Å². The smallest absolute Gasteiger partial charge is 0.168 e. The molecule has 3 aliphatic rings. The molecule has 1 aliphatic heterocycles. The second kappa shape index (κ2) is 4.15. The number of rotatable bonds is 1. The van der Waals surface area contributed by atoms with E-state index in [9.17, 15) is 0 Å². The summed E-state index contributed by atoms with van der Waals surface area (Å²) in [6, 6.07) is 0. The van der Waals surface area contributed by atoms with E-state index in [0.29, 0.717) is 12.0 Å². The van der Waals surface area contributed by atoms with Crippen LogP contribution in [0, 0.1) is 11.8 Å². The maximum atomic E-state index is 6.22. The van der Waals surface area contributed by atoms with E-state index in [2.05, 4.69) is 22.6 Å². The van der Waals surface area contributed by atoms with Crippen LogP contribution in [-0.4, -0.2) is 22.9 Å². The maximum Gasteiger partial charge on any atom is 0.168 e. The van der Waals surface area contributed by atoms with Gasteiger partial charge in [-0.15, -0.1) is 0 Å². The molecule has 0 N–H and O–H groups in total. The van der Waals surface area contributed by atoms with Crippen molar-refractivity contribution >= 4 is 22.6 Å². The van der Waals surface area contributed by atoms with Gasteiger partial charge in [-0.05, 0) is 25.2 Å². The summed E-state index contributed by atoms with van der Waals surface area (Å²) in [4.78, 5) is 0. The van der Waals surface area contributed by atoms with E-state index in [4.69, 9.17) is 9.47 Å². The van der Waals surface area contributed by atoms with E-state index in [0.717, 1.165) is 25.4 Å². The van der Waals surface area contributed by atoms with Crippen LogP contribution in [0.4, 0.5) is 0 Å². The molecule has 2 nitrogen and oxygen atoms in total. The van der Waals surface area contributed by atoms with Gasteiger partial charge in [0, 0.05) is 23.2 Å². The molecule has 3 heteroatoms. The summed E-state index contributed by atoms with van der Waals surface area (Å²) in [7, 11) is 0. The molecule has 3 atom stereocenters. The van der Waals surface area contributed by atoms with Gasteiger partial charge in [0.15, 0.2) is 5.79 Å². The Labute approximate surface area is 105 Å². The number of halogens is 1. The van der Waals surface area contributed by atoms with Gasteiger partial charge in [-0.25, -0.2) is 0 Å². The summed E-state index contributed by atoms with van der Waals surface area (Å²) in [5.74, 6) is 1.40. The molecule has 3 rings (SSSR count). The van der Waals surface area contributed by atoms with Crippen molar-refractivity contribution in [3.63, 3.8) is 0 Å². The third-order valence-electron chi connectivity index (χ3n) is 4.34. The van der Waals surface area contributed by atoms with Crippen molar-refractivity contribution in [1.82, 2.24) is 0 Å². The largest absolute Gasteiger partial charge is 0.350 e. The van der Waals surface area contributed by atoms with Crippen LogP contribution in [0.5, 0.6) is 0 Å². The first-order valence-corrected chi connectivity index (χ1v) is 7.73. The van der Waals surface area contributed by atoms with Gasteiger partial charge in [0.2, 0.25) is 0 Å². The zero-order valence-corrected chi connectivity index (χ0v) is 11.2. The molecule has 0 amide bonds. The SMILES string of the molecule is IC[C@H]1C[C@@H]2OC3(CCCCC3)OC[C@H]12. The molecule has 2 saturated carbocycles. The number of ether oxygens (including phenoxy) is 2. The van der Waals surface area contributed by atoms with Crippen molar-refractivity contribution in [3.05, 3.63) is 0 Å². The fourth-order valence-electron chi connectivity index (χ4n) is 3.22. The predicted molar refractivity (Wildman–Crippen MR) is 67.1 cm³/mol. The molecule has 0 bridgehead atoms. The molecule has 0 aromatic rings. The van der Waals surface area contributed by atoms with E-state index in [1.165, 1.54) is 30.1 Å². The molecule has 3 fully saturated rings. The van der Waals surface area contributed by atoms with E-state index in [-0.39, 0.29) is 5.79 Å². The second-order valence-corrected chi connectivity index (χ2v) is 6.13. The van der Waals surface area contributed by atoms with Crippen molar-refractivity contribution in [2.75, 3.05) is 11.0 Å². The molecule has 0 aromatic carbocycles. The highest BCUT2D eigenvalue weighted by atomic mass is 127. The molecule has 1 spiro atoms. The molecule has 2 aliphatic carbocycles. The lowest BCUT2D eigenvalue weighted by Gasteiger charge is -2.54. The third kappa shape index (κ3) is 1.84. The van der Waals surface area contributed by atoms with Gasteiger partial charge in [-0.1, -0.05) is 29.0 Å². The van der Waals surface area contributed by atoms with Crippen LogP contribution in [0.3, 0.4) is 0 Å². The van der Waals surface area contributed by atoms with Crippen molar-refractivity contribution in [2.45, 2.75) is 50.4 Å².